The number of methoxy groups -OCH3 is 1. The second kappa shape index (κ2) is 6.87. The molecule has 2 nitrogen and oxygen atoms in total. The summed E-state index contributed by atoms with van der Waals surface area (Å²) in [7, 11) is 1.79. The van der Waals surface area contributed by atoms with Crippen LogP contribution >= 0.6 is 24.2 Å². The number of nitrogens with zero attached hydrogens (tertiary/aromatic N) is 1. The van der Waals surface area contributed by atoms with Crippen LogP contribution in [0.5, 0.6) is 5.75 Å². The van der Waals surface area contributed by atoms with Crippen molar-refractivity contribution in [1.82, 2.24) is 4.90 Å². The zero-order chi connectivity index (χ0) is 12.4. The standard InChI is InChI=1S/C15H21NOS.ClH/c1-17-15-4-2-3-12-5-6-13(11-14(12)15)16-7-9-18-10-8-16;/h2-4,13H,5-11H2,1H3;1H. The molecule has 0 amide bonds. The maximum atomic E-state index is 5.53. The third-order valence-electron chi connectivity index (χ3n) is 4.20. The molecule has 106 valence electrons. The predicted octanol–water partition coefficient (Wildman–Crippen LogP) is 3.02. The van der Waals surface area contributed by atoms with Gasteiger partial charge in [-0.25, -0.2) is 0 Å². The van der Waals surface area contributed by atoms with E-state index in [0.29, 0.717) is 0 Å². The second-order valence-corrected chi connectivity index (χ2v) is 6.37. The van der Waals surface area contributed by atoms with Gasteiger partial charge in [0.25, 0.3) is 0 Å². The molecule has 19 heavy (non-hydrogen) atoms. The topological polar surface area (TPSA) is 12.5 Å². The van der Waals surface area contributed by atoms with E-state index < -0.39 is 0 Å². The maximum absolute atomic E-state index is 5.53. The summed E-state index contributed by atoms with van der Waals surface area (Å²) < 4.78 is 5.53. The first-order valence-electron chi connectivity index (χ1n) is 6.85. The number of rotatable bonds is 2. The van der Waals surface area contributed by atoms with Crippen LogP contribution in [0.2, 0.25) is 0 Å². The molecule has 1 unspecified atom stereocenters. The number of halogens is 1. The first-order chi connectivity index (χ1) is 8.88. The van der Waals surface area contributed by atoms with Crippen LogP contribution in [0.25, 0.3) is 0 Å². The molecule has 1 aromatic carbocycles. The molecule has 0 radical (unpaired) electrons. The van der Waals surface area contributed by atoms with Crippen molar-refractivity contribution in [3.8, 4) is 5.75 Å². The molecule has 0 spiro atoms. The number of hydrogen-bond acceptors (Lipinski definition) is 3. The molecule has 0 bridgehead atoms. The van der Waals surface area contributed by atoms with E-state index in [1.54, 1.807) is 7.11 Å². The highest BCUT2D eigenvalue weighted by Crippen LogP contribution is 2.32. The molecular weight excluding hydrogens is 278 g/mol. The van der Waals surface area contributed by atoms with Crippen LogP contribution in [0.1, 0.15) is 17.5 Å². The lowest BCUT2D eigenvalue weighted by Gasteiger charge is -2.37. The Balaban J connectivity index is 0.00000133. The van der Waals surface area contributed by atoms with Gasteiger partial charge >= 0.3 is 0 Å². The van der Waals surface area contributed by atoms with Gasteiger partial charge in [0, 0.05) is 30.6 Å². The van der Waals surface area contributed by atoms with Crippen LogP contribution in [0.4, 0.5) is 0 Å². The summed E-state index contributed by atoms with van der Waals surface area (Å²) in [5.41, 5.74) is 2.95. The SMILES string of the molecule is COc1cccc2c1CC(N1CCSCC1)CC2.Cl. The van der Waals surface area contributed by atoms with Crippen LogP contribution < -0.4 is 4.74 Å². The zero-order valence-corrected chi connectivity index (χ0v) is 13.1. The summed E-state index contributed by atoms with van der Waals surface area (Å²) in [6.45, 7) is 2.53. The van der Waals surface area contributed by atoms with Gasteiger partial charge in [-0.2, -0.15) is 11.8 Å². The molecule has 1 heterocycles. The van der Waals surface area contributed by atoms with Crippen molar-refractivity contribution in [3.63, 3.8) is 0 Å². The van der Waals surface area contributed by atoms with Crippen LogP contribution in [0.3, 0.4) is 0 Å². The number of thioether (sulfide) groups is 1. The molecule has 0 saturated carbocycles. The van der Waals surface area contributed by atoms with Crippen LogP contribution in [0, 0.1) is 0 Å². The molecule has 2 aliphatic rings. The predicted molar refractivity (Wildman–Crippen MR) is 85.0 cm³/mol. The quantitative estimate of drug-likeness (QED) is 0.833. The molecular formula is C15H22ClNOS. The molecule has 0 N–H and O–H groups in total. The molecule has 3 rings (SSSR count). The Hall–Kier alpha value is -0.380. The van der Waals surface area contributed by atoms with Crippen LogP contribution in [-0.2, 0) is 12.8 Å². The van der Waals surface area contributed by atoms with Gasteiger partial charge in [0.15, 0.2) is 0 Å². The first-order valence-corrected chi connectivity index (χ1v) is 8.00. The van der Waals surface area contributed by atoms with Gasteiger partial charge in [-0.15, -0.1) is 12.4 Å². The van der Waals surface area contributed by atoms with Crippen LogP contribution in [0.15, 0.2) is 18.2 Å². The number of fused-ring (bicyclic) bond motifs is 1. The molecule has 1 atom stereocenters. The Bertz CT molecular complexity index is 406. The molecule has 1 aliphatic heterocycles. The Morgan fingerprint density at radius 1 is 1.26 bits per heavy atom. The minimum absolute atomic E-state index is 0. The van der Waals surface area contributed by atoms with Gasteiger partial charge in [-0.3, -0.25) is 4.90 Å². The average molecular weight is 300 g/mol. The lowest BCUT2D eigenvalue weighted by molar-refractivity contribution is 0.196. The third kappa shape index (κ3) is 3.21. The summed E-state index contributed by atoms with van der Waals surface area (Å²) in [5.74, 6) is 3.69. The normalized spacial score (nSPS) is 23.3. The Labute approximate surface area is 126 Å². The van der Waals surface area contributed by atoms with Gasteiger partial charge in [0.1, 0.15) is 5.75 Å². The summed E-state index contributed by atoms with van der Waals surface area (Å²) in [4.78, 5) is 2.69. The molecule has 1 saturated heterocycles. The van der Waals surface area contributed by atoms with E-state index in [9.17, 15) is 0 Å². The summed E-state index contributed by atoms with van der Waals surface area (Å²) in [6.07, 6.45) is 3.69. The molecule has 1 aromatic rings. The summed E-state index contributed by atoms with van der Waals surface area (Å²) >= 11 is 2.09. The van der Waals surface area contributed by atoms with Gasteiger partial charge in [-0.05, 0) is 36.5 Å². The first kappa shape index (κ1) is 15.0. The van der Waals surface area contributed by atoms with Crippen molar-refractivity contribution >= 4 is 24.2 Å². The van der Waals surface area contributed by atoms with E-state index in [1.165, 1.54) is 55.0 Å². The number of hydrogen-bond donors (Lipinski definition) is 0. The molecule has 1 fully saturated rings. The Morgan fingerprint density at radius 3 is 2.79 bits per heavy atom. The van der Waals surface area contributed by atoms with Gasteiger partial charge < -0.3 is 4.74 Å². The lowest BCUT2D eigenvalue weighted by atomic mass is 9.87. The molecule has 1 aliphatic carbocycles. The van der Waals surface area contributed by atoms with Crippen molar-refractivity contribution in [2.75, 3.05) is 31.7 Å². The minimum atomic E-state index is 0. The minimum Gasteiger partial charge on any atom is -0.496 e. The maximum Gasteiger partial charge on any atom is 0.122 e. The van der Waals surface area contributed by atoms with E-state index in [2.05, 4.69) is 34.9 Å². The highest BCUT2D eigenvalue weighted by Gasteiger charge is 2.26. The molecule has 4 heteroatoms. The zero-order valence-electron chi connectivity index (χ0n) is 11.4. The van der Waals surface area contributed by atoms with E-state index >= 15 is 0 Å². The average Bonchev–Trinajstić information content (AvgIpc) is 2.47. The fourth-order valence-corrected chi connectivity index (χ4v) is 4.11. The van der Waals surface area contributed by atoms with Gasteiger partial charge in [0.05, 0.1) is 7.11 Å². The van der Waals surface area contributed by atoms with Gasteiger partial charge in [-0.1, -0.05) is 12.1 Å². The van der Waals surface area contributed by atoms with Crippen molar-refractivity contribution in [1.29, 1.82) is 0 Å². The van der Waals surface area contributed by atoms with E-state index in [1.807, 2.05) is 0 Å². The third-order valence-corrected chi connectivity index (χ3v) is 5.14. The smallest absolute Gasteiger partial charge is 0.122 e. The van der Waals surface area contributed by atoms with E-state index in [0.717, 1.165) is 11.8 Å². The largest absolute Gasteiger partial charge is 0.496 e. The van der Waals surface area contributed by atoms with Crippen molar-refractivity contribution in [2.24, 2.45) is 0 Å². The highest BCUT2D eigenvalue weighted by molar-refractivity contribution is 7.99. The van der Waals surface area contributed by atoms with Gasteiger partial charge in [0.2, 0.25) is 0 Å². The fourth-order valence-electron chi connectivity index (χ4n) is 3.18. The number of ether oxygens (including phenoxy) is 1. The van der Waals surface area contributed by atoms with E-state index in [-0.39, 0.29) is 12.4 Å². The second-order valence-electron chi connectivity index (χ2n) is 5.14. The monoisotopic (exact) mass is 299 g/mol. The van der Waals surface area contributed by atoms with Crippen LogP contribution in [-0.4, -0.2) is 42.6 Å². The lowest BCUT2D eigenvalue weighted by Crippen LogP contribution is -2.44. The Morgan fingerprint density at radius 2 is 2.05 bits per heavy atom. The number of benzene rings is 1. The van der Waals surface area contributed by atoms with Crippen molar-refractivity contribution < 1.29 is 4.74 Å². The van der Waals surface area contributed by atoms with Crippen molar-refractivity contribution in [2.45, 2.75) is 25.3 Å². The Kier molecular flexibility index (Phi) is 5.43. The summed E-state index contributed by atoms with van der Waals surface area (Å²) in [6, 6.07) is 7.22. The van der Waals surface area contributed by atoms with Crippen molar-refractivity contribution in [3.05, 3.63) is 29.3 Å². The number of aryl methyl sites for hydroxylation is 1. The van der Waals surface area contributed by atoms with E-state index in [4.69, 9.17) is 4.74 Å². The molecule has 0 aromatic heterocycles. The summed E-state index contributed by atoms with van der Waals surface area (Å²) in [5, 5.41) is 0. The highest BCUT2D eigenvalue weighted by atomic mass is 35.5. The fraction of sp³-hybridized carbons (Fsp3) is 0.600.